The molecule has 2 heterocycles. The van der Waals surface area contributed by atoms with Crippen LogP contribution in [0.25, 0.3) is 10.9 Å². The molecule has 0 saturated heterocycles. The first-order valence-corrected chi connectivity index (χ1v) is 20.9. The number of ether oxygens (including phenoxy) is 2. The molecule has 3 aromatic carbocycles. The second-order valence-electron chi connectivity index (χ2n) is 14.9. The number of hydrogen-bond donors (Lipinski definition) is 3. The zero-order chi connectivity index (χ0) is 39.3. The third kappa shape index (κ3) is 7.60. The zero-order valence-electron chi connectivity index (χ0n) is 31.7. The molecule has 3 N–H and O–H groups in total. The fourth-order valence-electron chi connectivity index (χ4n) is 9.08. The Bertz CT molecular complexity index is 2170. The molecule has 1 aliphatic heterocycles. The molecule has 296 valence electrons. The SMILES string of the molecule is C=CCOC12Oc3ccc(O)cc3C3C(CCCCO)C(CCCCO)C=C(C(=NOCc4ccccc4)CC1N(C)S(=O)(=O)c1cccc4cccnc14)C32. The predicted octanol–water partition coefficient (Wildman–Crippen LogP) is 7.09. The van der Waals surface area contributed by atoms with Crippen LogP contribution < -0.4 is 4.74 Å². The quantitative estimate of drug-likeness (QED) is 0.0580. The number of nitrogens with zero attached hydrogens (tertiary/aromatic N) is 3. The number of benzene rings is 3. The lowest BCUT2D eigenvalue weighted by Crippen LogP contribution is -2.69. The van der Waals surface area contributed by atoms with Crippen LogP contribution in [0.4, 0.5) is 0 Å². The minimum Gasteiger partial charge on any atom is -0.508 e. The van der Waals surface area contributed by atoms with Gasteiger partial charge < -0.3 is 29.6 Å². The molecule has 1 saturated carbocycles. The number of phenolic OH excluding ortho intramolecular Hbond substituents is 1. The summed E-state index contributed by atoms with van der Waals surface area (Å²) in [6, 6.07) is 22.5. The first kappa shape index (κ1) is 39.6. The molecule has 6 unspecified atom stereocenters. The van der Waals surface area contributed by atoms with Crippen molar-refractivity contribution in [2.24, 2.45) is 22.9 Å². The van der Waals surface area contributed by atoms with Gasteiger partial charge in [-0.05, 0) is 79.0 Å². The summed E-state index contributed by atoms with van der Waals surface area (Å²) in [5.74, 6) is -1.88. The van der Waals surface area contributed by atoms with Crippen LogP contribution in [0.15, 0.2) is 119 Å². The van der Waals surface area contributed by atoms with Crippen LogP contribution in [0, 0.1) is 17.8 Å². The van der Waals surface area contributed by atoms with Crippen LogP contribution in [-0.4, -0.2) is 77.4 Å². The van der Waals surface area contributed by atoms with Crippen molar-refractivity contribution in [2.45, 2.75) is 74.2 Å². The average Bonchev–Trinajstić information content (AvgIpc) is 3.21. The molecule has 2 aliphatic carbocycles. The molecule has 7 rings (SSSR count). The van der Waals surface area contributed by atoms with Gasteiger partial charge in [-0.2, -0.15) is 4.31 Å². The molecule has 4 aromatic rings. The number of aliphatic hydroxyl groups excluding tert-OH is 2. The van der Waals surface area contributed by atoms with E-state index in [-0.39, 0.29) is 61.2 Å². The van der Waals surface area contributed by atoms with Crippen LogP contribution in [0.1, 0.15) is 62.0 Å². The monoisotopic (exact) mass is 781 g/mol. The molecule has 1 aromatic heterocycles. The van der Waals surface area contributed by atoms with Crippen LogP contribution in [0.3, 0.4) is 0 Å². The minimum atomic E-state index is -4.25. The third-order valence-electron chi connectivity index (χ3n) is 11.6. The average molecular weight is 782 g/mol. The molecule has 0 bridgehead atoms. The maximum atomic E-state index is 15.0. The maximum absolute atomic E-state index is 15.0. The van der Waals surface area contributed by atoms with Gasteiger partial charge in [0.1, 0.15) is 23.0 Å². The van der Waals surface area contributed by atoms with Crippen LogP contribution >= 0.6 is 0 Å². The Morgan fingerprint density at radius 2 is 1.77 bits per heavy atom. The van der Waals surface area contributed by atoms with Gasteiger partial charge in [-0.15, -0.1) is 6.58 Å². The van der Waals surface area contributed by atoms with Gasteiger partial charge in [0, 0.05) is 49.7 Å². The Morgan fingerprint density at radius 1 is 1.00 bits per heavy atom. The van der Waals surface area contributed by atoms with Crippen molar-refractivity contribution in [3.8, 4) is 11.5 Å². The predicted molar refractivity (Wildman–Crippen MR) is 215 cm³/mol. The Morgan fingerprint density at radius 3 is 2.54 bits per heavy atom. The number of sulfonamides is 1. The number of para-hydroxylation sites is 1. The largest absolute Gasteiger partial charge is 0.508 e. The summed E-state index contributed by atoms with van der Waals surface area (Å²) in [5, 5.41) is 36.0. The number of aromatic hydroxyl groups is 1. The number of aromatic nitrogens is 1. The highest BCUT2D eigenvalue weighted by atomic mass is 32.2. The first-order chi connectivity index (χ1) is 27.2. The van der Waals surface area contributed by atoms with Gasteiger partial charge in [0.15, 0.2) is 0 Å². The smallest absolute Gasteiger partial charge is 0.245 e. The fraction of sp³-hybridized carbons (Fsp3) is 0.409. The van der Waals surface area contributed by atoms with Gasteiger partial charge >= 0.3 is 0 Å². The molecule has 1 fully saturated rings. The van der Waals surface area contributed by atoms with Crippen molar-refractivity contribution >= 4 is 26.6 Å². The van der Waals surface area contributed by atoms with E-state index in [1.54, 1.807) is 55.7 Å². The number of likely N-dealkylation sites (N-methyl/N-ethyl adjacent to an activating group) is 1. The number of oxime groups is 1. The van der Waals surface area contributed by atoms with Gasteiger partial charge in [0.25, 0.3) is 0 Å². The van der Waals surface area contributed by atoms with E-state index in [2.05, 4.69) is 17.6 Å². The summed E-state index contributed by atoms with van der Waals surface area (Å²) in [6.45, 7) is 4.38. The number of aliphatic hydroxyl groups is 2. The van der Waals surface area contributed by atoms with E-state index >= 15 is 8.42 Å². The van der Waals surface area contributed by atoms with Crippen LogP contribution in [0.2, 0.25) is 0 Å². The van der Waals surface area contributed by atoms with Crippen molar-refractivity contribution in [3.63, 3.8) is 0 Å². The van der Waals surface area contributed by atoms with Crippen molar-refractivity contribution in [2.75, 3.05) is 26.9 Å². The second-order valence-corrected chi connectivity index (χ2v) is 16.9. The number of hydrogen-bond acceptors (Lipinski definition) is 10. The molecular formula is C44H51N3O8S. The van der Waals surface area contributed by atoms with E-state index in [9.17, 15) is 15.3 Å². The van der Waals surface area contributed by atoms with Gasteiger partial charge in [-0.25, -0.2) is 8.42 Å². The normalized spacial score (nSPS) is 25.0. The molecule has 56 heavy (non-hydrogen) atoms. The van der Waals surface area contributed by atoms with Crippen molar-refractivity contribution in [1.82, 2.24) is 9.29 Å². The Hall–Kier alpha value is -4.59. The highest BCUT2D eigenvalue weighted by molar-refractivity contribution is 7.89. The standard InChI is InChI=1S/C44H51N3O8S/c1-3-25-53-44-40(47(2)56(51,52)39-19-11-16-31-17-12-22-45-43(31)39)28-37(46-54-29-30-13-5-4-6-14-30)35-26-32(15-7-9-23-48)34(18-8-10-24-49)41(42(35)44)36-27-33(50)20-21-38(36)55-44/h3-6,11-14,16-17,19-22,26-27,32,34,40-42,48-50H,1,7-10,15,18,23-25,28-29H2,2H3. The molecular weight excluding hydrogens is 731 g/mol. The van der Waals surface area contributed by atoms with E-state index in [4.69, 9.17) is 19.5 Å². The number of phenols is 1. The molecule has 0 amide bonds. The Kier molecular flexibility index (Phi) is 12.2. The Balaban J connectivity index is 1.44. The van der Waals surface area contributed by atoms with Gasteiger partial charge in [0.2, 0.25) is 15.8 Å². The lowest BCUT2D eigenvalue weighted by molar-refractivity contribution is -0.250. The van der Waals surface area contributed by atoms with Crippen LogP contribution in [-0.2, 0) is 26.2 Å². The van der Waals surface area contributed by atoms with Crippen molar-refractivity contribution < 1.29 is 38.0 Å². The van der Waals surface area contributed by atoms with Crippen molar-refractivity contribution in [3.05, 3.63) is 120 Å². The topological polar surface area (TPSA) is 151 Å². The molecule has 6 atom stereocenters. The summed E-state index contributed by atoms with van der Waals surface area (Å²) in [7, 11) is -2.69. The summed E-state index contributed by atoms with van der Waals surface area (Å²) in [4.78, 5) is 10.6. The molecule has 11 nitrogen and oxygen atoms in total. The maximum Gasteiger partial charge on any atom is 0.245 e. The van der Waals surface area contributed by atoms with Crippen LogP contribution in [0.5, 0.6) is 11.5 Å². The fourth-order valence-corrected chi connectivity index (χ4v) is 10.6. The van der Waals surface area contributed by atoms with E-state index in [1.807, 2.05) is 42.5 Å². The number of allylic oxidation sites excluding steroid dienone is 1. The van der Waals surface area contributed by atoms with E-state index in [0.717, 1.165) is 42.4 Å². The van der Waals surface area contributed by atoms with Gasteiger partial charge in [-0.1, -0.05) is 78.7 Å². The number of rotatable bonds is 17. The summed E-state index contributed by atoms with van der Waals surface area (Å²) >= 11 is 0. The third-order valence-corrected chi connectivity index (χ3v) is 13.5. The molecule has 3 aliphatic rings. The number of pyridine rings is 1. The number of unbranched alkanes of at least 4 members (excludes halogenated alkanes) is 2. The van der Waals surface area contributed by atoms with E-state index in [1.165, 1.54) is 4.31 Å². The lowest BCUT2D eigenvalue weighted by Gasteiger charge is -2.59. The lowest BCUT2D eigenvalue weighted by atomic mass is 9.55. The van der Waals surface area contributed by atoms with Gasteiger partial charge in [-0.3, -0.25) is 4.98 Å². The Labute approximate surface area is 329 Å². The first-order valence-electron chi connectivity index (χ1n) is 19.5. The van der Waals surface area contributed by atoms with Gasteiger partial charge in [0.05, 0.1) is 29.8 Å². The van der Waals surface area contributed by atoms with E-state index < -0.39 is 27.8 Å². The highest BCUT2D eigenvalue weighted by Gasteiger charge is 2.65. The minimum absolute atomic E-state index is 0.0143. The summed E-state index contributed by atoms with van der Waals surface area (Å²) in [5.41, 5.74) is 3.53. The highest BCUT2D eigenvalue weighted by Crippen LogP contribution is 2.62. The molecule has 0 spiro atoms. The summed E-state index contributed by atoms with van der Waals surface area (Å²) in [6.07, 6.45) is 9.92. The molecule has 12 heteroatoms. The summed E-state index contributed by atoms with van der Waals surface area (Å²) < 4.78 is 45.3. The second kappa shape index (κ2) is 17.3. The number of fused-ring (bicyclic) bond motifs is 3. The molecule has 0 radical (unpaired) electrons. The zero-order valence-corrected chi connectivity index (χ0v) is 32.6. The van der Waals surface area contributed by atoms with E-state index in [0.29, 0.717) is 35.2 Å². The van der Waals surface area contributed by atoms with Crippen molar-refractivity contribution in [1.29, 1.82) is 0 Å².